The van der Waals surface area contributed by atoms with E-state index in [1.54, 1.807) is 24.4 Å². The van der Waals surface area contributed by atoms with Crippen LogP contribution in [0.4, 0.5) is 11.8 Å². The van der Waals surface area contributed by atoms with Gasteiger partial charge in [-0.1, -0.05) is 0 Å². The van der Waals surface area contributed by atoms with E-state index >= 15 is 0 Å². The number of rotatable bonds is 5. The SMILES string of the molecule is CN(C)c1ccnc(NC2CCC(NC(=O)c3ccc4nonc4c3)CC2)n1. The lowest BCUT2D eigenvalue weighted by molar-refractivity contribution is 0.0926. The Morgan fingerprint density at radius 3 is 2.61 bits per heavy atom. The second-order valence-electron chi connectivity index (χ2n) is 7.27. The summed E-state index contributed by atoms with van der Waals surface area (Å²) >= 11 is 0. The van der Waals surface area contributed by atoms with Crippen LogP contribution in [0.15, 0.2) is 35.1 Å². The highest BCUT2D eigenvalue weighted by Gasteiger charge is 2.23. The third-order valence-electron chi connectivity index (χ3n) is 5.01. The Kier molecular flexibility index (Phi) is 5.05. The van der Waals surface area contributed by atoms with Gasteiger partial charge in [-0.25, -0.2) is 9.61 Å². The zero-order valence-corrected chi connectivity index (χ0v) is 15.9. The van der Waals surface area contributed by atoms with Crippen molar-refractivity contribution in [2.75, 3.05) is 24.3 Å². The van der Waals surface area contributed by atoms with Gasteiger partial charge in [-0.2, -0.15) is 4.98 Å². The summed E-state index contributed by atoms with van der Waals surface area (Å²) < 4.78 is 4.68. The molecule has 2 heterocycles. The normalized spacial score (nSPS) is 19.4. The maximum atomic E-state index is 12.5. The molecule has 28 heavy (non-hydrogen) atoms. The van der Waals surface area contributed by atoms with E-state index < -0.39 is 0 Å². The van der Waals surface area contributed by atoms with Crippen LogP contribution in [-0.4, -0.2) is 52.4 Å². The van der Waals surface area contributed by atoms with Crippen LogP contribution in [0, 0.1) is 0 Å². The van der Waals surface area contributed by atoms with Crippen LogP contribution in [0.25, 0.3) is 11.0 Å². The van der Waals surface area contributed by atoms with Crippen LogP contribution in [0.2, 0.25) is 0 Å². The molecule has 0 saturated heterocycles. The molecule has 146 valence electrons. The largest absolute Gasteiger partial charge is 0.363 e. The molecule has 1 fully saturated rings. The molecule has 0 unspecified atom stereocenters. The van der Waals surface area contributed by atoms with E-state index in [-0.39, 0.29) is 11.9 Å². The van der Waals surface area contributed by atoms with Crippen LogP contribution in [0.3, 0.4) is 0 Å². The Balaban J connectivity index is 1.30. The molecule has 0 bridgehead atoms. The van der Waals surface area contributed by atoms with Gasteiger partial charge in [0.15, 0.2) is 0 Å². The van der Waals surface area contributed by atoms with Crippen LogP contribution < -0.4 is 15.5 Å². The maximum Gasteiger partial charge on any atom is 0.251 e. The molecule has 0 spiro atoms. The number of nitrogens with one attached hydrogen (secondary N) is 2. The van der Waals surface area contributed by atoms with E-state index in [1.165, 1.54) is 0 Å². The molecular weight excluding hydrogens is 358 g/mol. The van der Waals surface area contributed by atoms with Crippen molar-refractivity contribution in [2.45, 2.75) is 37.8 Å². The molecule has 1 aromatic carbocycles. The summed E-state index contributed by atoms with van der Waals surface area (Å²) in [6, 6.07) is 7.52. The molecule has 9 heteroatoms. The average molecular weight is 381 g/mol. The average Bonchev–Trinajstić information content (AvgIpc) is 3.17. The lowest BCUT2D eigenvalue weighted by Gasteiger charge is -2.29. The van der Waals surface area contributed by atoms with Gasteiger partial charge in [0.1, 0.15) is 16.9 Å². The van der Waals surface area contributed by atoms with Gasteiger partial charge in [-0.15, -0.1) is 0 Å². The number of hydrogen-bond acceptors (Lipinski definition) is 8. The van der Waals surface area contributed by atoms with Crippen molar-refractivity contribution in [2.24, 2.45) is 0 Å². The molecule has 0 aliphatic heterocycles. The lowest BCUT2D eigenvalue weighted by Crippen LogP contribution is -2.40. The quantitative estimate of drug-likeness (QED) is 0.692. The van der Waals surface area contributed by atoms with Gasteiger partial charge in [-0.05, 0) is 60.3 Å². The van der Waals surface area contributed by atoms with Crippen molar-refractivity contribution in [3.8, 4) is 0 Å². The molecular formula is C19H23N7O2. The Labute approximate surface area is 162 Å². The fraction of sp³-hybridized carbons (Fsp3) is 0.421. The number of nitrogens with zero attached hydrogens (tertiary/aromatic N) is 5. The van der Waals surface area contributed by atoms with Crippen LogP contribution in [-0.2, 0) is 0 Å². The second-order valence-corrected chi connectivity index (χ2v) is 7.27. The molecule has 0 atom stereocenters. The molecule has 1 aliphatic carbocycles. The zero-order valence-electron chi connectivity index (χ0n) is 15.9. The number of amides is 1. The smallest absolute Gasteiger partial charge is 0.251 e. The van der Waals surface area contributed by atoms with Gasteiger partial charge < -0.3 is 15.5 Å². The van der Waals surface area contributed by atoms with Crippen molar-refractivity contribution >= 4 is 28.7 Å². The Hall–Kier alpha value is -3.23. The Bertz CT molecular complexity index is 964. The standard InChI is InChI=1S/C19H23N7O2/c1-26(2)17-9-10-20-19(23-17)22-14-6-4-13(5-7-14)21-18(27)12-3-8-15-16(11-12)25-28-24-15/h3,8-11,13-14H,4-7H2,1-2H3,(H,21,27)(H,20,22,23). The first-order valence-electron chi connectivity index (χ1n) is 9.38. The molecule has 1 amide bonds. The highest BCUT2D eigenvalue weighted by atomic mass is 16.6. The van der Waals surface area contributed by atoms with Gasteiger partial charge in [0.05, 0.1) is 0 Å². The van der Waals surface area contributed by atoms with E-state index in [4.69, 9.17) is 0 Å². The fourth-order valence-electron chi connectivity index (χ4n) is 3.42. The first-order valence-corrected chi connectivity index (χ1v) is 9.38. The molecule has 2 N–H and O–H groups in total. The van der Waals surface area contributed by atoms with E-state index in [0.29, 0.717) is 28.6 Å². The van der Waals surface area contributed by atoms with E-state index in [2.05, 4.69) is 35.5 Å². The summed E-state index contributed by atoms with van der Waals surface area (Å²) in [7, 11) is 3.91. The fourth-order valence-corrected chi connectivity index (χ4v) is 3.42. The van der Waals surface area contributed by atoms with Crippen molar-refractivity contribution in [1.29, 1.82) is 0 Å². The molecule has 9 nitrogen and oxygen atoms in total. The van der Waals surface area contributed by atoms with Crippen molar-refractivity contribution in [3.63, 3.8) is 0 Å². The number of hydrogen-bond donors (Lipinski definition) is 2. The maximum absolute atomic E-state index is 12.5. The van der Waals surface area contributed by atoms with Gasteiger partial charge in [0, 0.05) is 37.9 Å². The predicted octanol–water partition coefficient (Wildman–Crippen LogP) is 2.23. The van der Waals surface area contributed by atoms with E-state index in [0.717, 1.165) is 31.5 Å². The summed E-state index contributed by atoms with van der Waals surface area (Å²) in [6.45, 7) is 0. The summed E-state index contributed by atoms with van der Waals surface area (Å²) in [5.41, 5.74) is 1.79. The molecule has 2 aromatic heterocycles. The van der Waals surface area contributed by atoms with Crippen LogP contribution in [0.5, 0.6) is 0 Å². The van der Waals surface area contributed by atoms with Crippen LogP contribution >= 0.6 is 0 Å². The second kappa shape index (κ2) is 7.79. The first kappa shape index (κ1) is 18.1. The molecule has 3 aromatic rings. The van der Waals surface area contributed by atoms with Crippen molar-refractivity contribution in [1.82, 2.24) is 25.6 Å². The topological polar surface area (TPSA) is 109 Å². The summed E-state index contributed by atoms with van der Waals surface area (Å²) in [5, 5.41) is 14.1. The third-order valence-corrected chi connectivity index (χ3v) is 5.01. The molecule has 4 rings (SSSR count). The summed E-state index contributed by atoms with van der Waals surface area (Å²) in [6.07, 6.45) is 5.48. The number of carbonyl (C=O) groups is 1. The minimum Gasteiger partial charge on any atom is -0.363 e. The minimum absolute atomic E-state index is 0.0941. The van der Waals surface area contributed by atoms with E-state index in [1.807, 2.05) is 25.1 Å². The molecule has 1 aliphatic rings. The van der Waals surface area contributed by atoms with Crippen LogP contribution in [0.1, 0.15) is 36.0 Å². The number of aromatic nitrogens is 4. The van der Waals surface area contributed by atoms with Crippen molar-refractivity contribution in [3.05, 3.63) is 36.0 Å². The monoisotopic (exact) mass is 381 g/mol. The minimum atomic E-state index is -0.0941. The highest BCUT2D eigenvalue weighted by molar-refractivity contribution is 5.97. The molecule has 1 saturated carbocycles. The number of anilines is 2. The lowest BCUT2D eigenvalue weighted by atomic mass is 9.91. The Morgan fingerprint density at radius 2 is 1.82 bits per heavy atom. The third kappa shape index (κ3) is 4.03. The van der Waals surface area contributed by atoms with Gasteiger partial charge in [-0.3, -0.25) is 4.79 Å². The van der Waals surface area contributed by atoms with Crippen molar-refractivity contribution < 1.29 is 9.42 Å². The van der Waals surface area contributed by atoms with Gasteiger partial charge >= 0.3 is 0 Å². The highest BCUT2D eigenvalue weighted by Crippen LogP contribution is 2.22. The van der Waals surface area contributed by atoms with E-state index in [9.17, 15) is 4.79 Å². The molecule has 0 radical (unpaired) electrons. The predicted molar refractivity (Wildman–Crippen MR) is 105 cm³/mol. The number of carbonyl (C=O) groups excluding carboxylic acids is 1. The zero-order chi connectivity index (χ0) is 19.5. The summed E-state index contributed by atoms with van der Waals surface area (Å²) in [4.78, 5) is 23.3. The number of fused-ring (bicyclic) bond motifs is 1. The van der Waals surface area contributed by atoms with Gasteiger partial charge in [0.25, 0.3) is 5.91 Å². The van der Waals surface area contributed by atoms with Gasteiger partial charge in [0.2, 0.25) is 5.95 Å². The first-order chi connectivity index (χ1) is 13.6. The Morgan fingerprint density at radius 1 is 1.07 bits per heavy atom. The summed E-state index contributed by atoms with van der Waals surface area (Å²) in [5.74, 6) is 1.43. The number of benzene rings is 1.